The molecule has 0 fully saturated rings. The first-order chi connectivity index (χ1) is 12.2. The second-order valence-corrected chi connectivity index (χ2v) is 7.35. The second kappa shape index (κ2) is 6.71. The third kappa shape index (κ3) is 3.88. The zero-order valence-electron chi connectivity index (χ0n) is 13.6. The van der Waals surface area contributed by atoms with Crippen molar-refractivity contribution in [2.24, 2.45) is 0 Å². The summed E-state index contributed by atoms with van der Waals surface area (Å²) in [7, 11) is -4.50. The molecule has 0 radical (unpaired) electrons. The molecule has 0 atom stereocenters. The highest BCUT2D eigenvalue weighted by Gasteiger charge is 2.72. The van der Waals surface area contributed by atoms with Gasteiger partial charge < -0.3 is 5.11 Å². The Labute approximate surface area is 150 Å². The van der Waals surface area contributed by atoms with E-state index < -0.39 is 39.2 Å². The molecule has 0 spiro atoms. The van der Waals surface area contributed by atoms with Gasteiger partial charge in [0.2, 0.25) is 0 Å². The quantitative estimate of drug-likeness (QED) is 0.742. The summed E-state index contributed by atoms with van der Waals surface area (Å²) in [6, 6.07) is 7.99. The van der Waals surface area contributed by atoms with Crippen LogP contribution in [0.5, 0.6) is 0 Å². The number of anilines is 1. The van der Waals surface area contributed by atoms with Gasteiger partial charge in [-0.05, 0) is 25.1 Å². The van der Waals surface area contributed by atoms with Crippen LogP contribution in [-0.2, 0) is 15.6 Å². The average Bonchev–Trinajstić information content (AvgIpc) is 2.52. The number of hydrogen-bond acceptors (Lipinski definition) is 3. The van der Waals surface area contributed by atoms with Crippen molar-refractivity contribution in [2.75, 3.05) is 4.72 Å². The summed E-state index contributed by atoms with van der Waals surface area (Å²) in [6.45, 7) is 1.66. The van der Waals surface area contributed by atoms with E-state index in [2.05, 4.69) is 0 Å². The fourth-order valence-electron chi connectivity index (χ4n) is 2.27. The molecular formula is C16H13F6NO3S. The highest BCUT2D eigenvalue weighted by Crippen LogP contribution is 2.52. The predicted octanol–water partition coefficient (Wildman–Crippen LogP) is 4.11. The molecule has 0 bridgehead atoms. The highest BCUT2D eigenvalue weighted by atomic mass is 32.2. The van der Waals surface area contributed by atoms with Crippen molar-refractivity contribution >= 4 is 15.7 Å². The summed E-state index contributed by atoms with van der Waals surface area (Å²) in [5.41, 5.74) is -7.29. The average molecular weight is 413 g/mol. The Hall–Kier alpha value is -2.27. The Kier molecular flexibility index (Phi) is 5.23. The Morgan fingerprint density at radius 2 is 1.33 bits per heavy atom. The molecule has 0 unspecified atom stereocenters. The topological polar surface area (TPSA) is 66.4 Å². The monoisotopic (exact) mass is 413 g/mol. The summed E-state index contributed by atoms with van der Waals surface area (Å²) in [5.74, 6) is 0. The number of aliphatic hydroxyl groups is 1. The molecule has 2 aromatic rings. The molecule has 0 aliphatic heterocycles. The van der Waals surface area contributed by atoms with Crippen LogP contribution < -0.4 is 4.72 Å². The number of rotatable bonds is 4. The number of alkyl halides is 6. The molecule has 27 heavy (non-hydrogen) atoms. The van der Waals surface area contributed by atoms with Gasteiger partial charge in [0.25, 0.3) is 15.6 Å². The fourth-order valence-corrected chi connectivity index (χ4v) is 3.35. The van der Waals surface area contributed by atoms with Crippen LogP contribution in [0.4, 0.5) is 32.0 Å². The largest absolute Gasteiger partial charge is 0.430 e. The van der Waals surface area contributed by atoms with E-state index in [-0.39, 0.29) is 4.90 Å². The molecule has 0 aromatic heterocycles. The molecule has 148 valence electrons. The smallest absolute Gasteiger partial charge is 0.369 e. The van der Waals surface area contributed by atoms with E-state index in [1.807, 2.05) is 0 Å². The molecular weight excluding hydrogens is 400 g/mol. The lowest BCUT2D eigenvalue weighted by Gasteiger charge is -2.34. The van der Waals surface area contributed by atoms with E-state index in [1.54, 1.807) is 11.6 Å². The molecule has 2 rings (SSSR count). The molecule has 0 aliphatic rings. The highest BCUT2D eigenvalue weighted by molar-refractivity contribution is 7.92. The summed E-state index contributed by atoms with van der Waals surface area (Å²) in [6.07, 6.45) is -12.3. The van der Waals surface area contributed by atoms with Crippen molar-refractivity contribution in [1.82, 2.24) is 0 Å². The van der Waals surface area contributed by atoms with Crippen LogP contribution in [-0.4, -0.2) is 25.9 Å². The van der Waals surface area contributed by atoms with E-state index in [4.69, 9.17) is 0 Å². The normalized spacial score (nSPS) is 13.5. The lowest BCUT2D eigenvalue weighted by Crippen LogP contribution is -2.54. The number of hydrogen-bond donors (Lipinski definition) is 2. The third-order valence-electron chi connectivity index (χ3n) is 3.71. The van der Waals surface area contributed by atoms with E-state index in [0.717, 1.165) is 24.3 Å². The van der Waals surface area contributed by atoms with Crippen LogP contribution in [0.1, 0.15) is 11.1 Å². The van der Waals surface area contributed by atoms with Gasteiger partial charge in [0.1, 0.15) is 0 Å². The van der Waals surface area contributed by atoms with Crippen LogP contribution in [0.3, 0.4) is 0 Å². The molecule has 0 saturated carbocycles. The minimum absolute atomic E-state index is 0.355. The van der Waals surface area contributed by atoms with Crippen molar-refractivity contribution < 1.29 is 39.9 Å². The van der Waals surface area contributed by atoms with E-state index >= 15 is 0 Å². The van der Waals surface area contributed by atoms with Gasteiger partial charge in [-0.15, -0.1) is 0 Å². The first-order valence-corrected chi connectivity index (χ1v) is 8.73. The summed E-state index contributed by atoms with van der Waals surface area (Å²) in [4.78, 5) is -0.370. The van der Waals surface area contributed by atoms with Crippen LogP contribution in [0, 0.1) is 6.92 Å². The van der Waals surface area contributed by atoms with Crippen molar-refractivity contribution in [2.45, 2.75) is 29.8 Å². The van der Waals surface area contributed by atoms with E-state index in [0.29, 0.717) is 17.7 Å². The first-order valence-electron chi connectivity index (χ1n) is 7.25. The first kappa shape index (κ1) is 21.0. The molecule has 2 N–H and O–H groups in total. The maximum absolute atomic E-state index is 13.1. The van der Waals surface area contributed by atoms with Gasteiger partial charge in [0.05, 0.1) is 10.6 Å². The van der Waals surface area contributed by atoms with Crippen LogP contribution in [0.2, 0.25) is 0 Å². The van der Waals surface area contributed by atoms with Gasteiger partial charge in [0, 0.05) is 5.56 Å². The van der Waals surface area contributed by atoms with Crippen molar-refractivity contribution in [1.29, 1.82) is 0 Å². The van der Waals surface area contributed by atoms with E-state index in [1.165, 1.54) is 12.1 Å². The van der Waals surface area contributed by atoms with Gasteiger partial charge in [-0.3, -0.25) is 4.72 Å². The standard InChI is InChI=1S/C16H13F6NO3S/c1-10-6-8-11(9-7-10)27(25,26)23-13-5-3-2-4-12(13)14(24,15(17,18)19)16(20,21)22/h2-9,23-24H,1H3. The summed E-state index contributed by atoms with van der Waals surface area (Å²) >= 11 is 0. The predicted molar refractivity (Wildman–Crippen MR) is 84.4 cm³/mol. The maximum Gasteiger partial charge on any atom is 0.430 e. The molecule has 2 aromatic carbocycles. The van der Waals surface area contributed by atoms with Gasteiger partial charge in [-0.2, -0.15) is 26.3 Å². The van der Waals surface area contributed by atoms with E-state index in [9.17, 15) is 39.9 Å². The minimum Gasteiger partial charge on any atom is -0.369 e. The van der Waals surface area contributed by atoms with Crippen LogP contribution in [0.15, 0.2) is 53.4 Å². The fraction of sp³-hybridized carbons (Fsp3) is 0.250. The number of benzene rings is 2. The number of halogens is 6. The summed E-state index contributed by atoms with van der Waals surface area (Å²) < 4.78 is 105. The Bertz CT molecular complexity index is 906. The molecule has 0 amide bonds. The maximum atomic E-state index is 13.1. The number of sulfonamides is 1. The molecule has 11 heteroatoms. The van der Waals surface area contributed by atoms with Gasteiger partial charge in [0.15, 0.2) is 0 Å². The lowest BCUT2D eigenvalue weighted by molar-refractivity contribution is -0.376. The summed E-state index contributed by atoms with van der Waals surface area (Å²) in [5, 5.41) is 9.56. The Balaban J connectivity index is 2.60. The molecule has 4 nitrogen and oxygen atoms in total. The number of para-hydroxylation sites is 1. The Morgan fingerprint density at radius 3 is 1.81 bits per heavy atom. The van der Waals surface area contributed by atoms with Gasteiger partial charge >= 0.3 is 12.4 Å². The van der Waals surface area contributed by atoms with Gasteiger partial charge in [-0.1, -0.05) is 35.9 Å². The zero-order chi connectivity index (χ0) is 20.7. The minimum atomic E-state index is -6.14. The van der Waals surface area contributed by atoms with Crippen molar-refractivity contribution in [3.8, 4) is 0 Å². The van der Waals surface area contributed by atoms with Crippen molar-refractivity contribution in [3.63, 3.8) is 0 Å². The molecule has 0 aliphatic carbocycles. The molecule has 0 saturated heterocycles. The molecule has 0 heterocycles. The Morgan fingerprint density at radius 1 is 0.852 bits per heavy atom. The zero-order valence-corrected chi connectivity index (χ0v) is 14.4. The SMILES string of the molecule is Cc1ccc(S(=O)(=O)Nc2ccccc2C(O)(C(F)(F)F)C(F)(F)F)cc1. The van der Waals surface area contributed by atoms with Gasteiger partial charge in [-0.25, -0.2) is 8.42 Å². The lowest BCUT2D eigenvalue weighted by atomic mass is 9.91. The third-order valence-corrected chi connectivity index (χ3v) is 5.09. The second-order valence-electron chi connectivity index (χ2n) is 5.67. The van der Waals surface area contributed by atoms with Crippen LogP contribution >= 0.6 is 0 Å². The number of aryl methyl sites for hydroxylation is 1. The van der Waals surface area contributed by atoms with Crippen LogP contribution in [0.25, 0.3) is 0 Å². The van der Waals surface area contributed by atoms with Crippen molar-refractivity contribution in [3.05, 3.63) is 59.7 Å². The number of nitrogens with one attached hydrogen (secondary N) is 1.